The van der Waals surface area contributed by atoms with Gasteiger partial charge in [0.25, 0.3) is 0 Å². The van der Waals surface area contributed by atoms with Gasteiger partial charge in [-0.15, -0.1) is 0 Å². The molecule has 176 valence electrons. The first kappa shape index (κ1) is 22.7. The average Bonchev–Trinajstić information content (AvgIpc) is 3.10. The highest BCUT2D eigenvalue weighted by Gasteiger charge is 2.58. The van der Waals surface area contributed by atoms with Crippen LogP contribution >= 0.6 is 11.6 Å². The Balaban J connectivity index is 1.52. The van der Waals surface area contributed by atoms with Gasteiger partial charge < -0.3 is 14.7 Å². The molecule has 5 heteroatoms. The number of ether oxygens (including phenoxy) is 1. The number of nitrogens with zero attached hydrogens (tertiary/aromatic N) is 1. The summed E-state index contributed by atoms with van der Waals surface area (Å²) in [7, 11) is 4.08. The lowest BCUT2D eigenvalue weighted by Gasteiger charge is -2.52. The van der Waals surface area contributed by atoms with Crippen LogP contribution in [0.3, 0.4) is 0 Å². The first-order chi connectivity index (χ1) is 15.8. The van der Waals surface area contributed by atoms with Crippen LogP contribution in [0, 0.1) is 17.3 Å². The van der Waals surface area contributed by atoms with Crippen LogP contribution in [0.5, 0.6) is 11.5 Å². The third-order valence-corrected chi connectivity index (χ3v) is 9.08. The summed E-state index contributed by atoms with van der Waals surface area (Å²) >= 11 is 6.57. The molecule has 0 amide bonds. The van der Waals surface area contributed by atoms with Crippen molar-refractivity contribution in [1.29, 1.82) is 0 Å². The van der Waals surface area contributed by atoms with E-state index in [-0.39, 0.29) is 17.1 Å². The lowest BCUT2D eigenvalue weighted by molar-refractivity contribution is -0.130. The maximum Gasteiger partial charge on any atom is 0.139 e. The van der Waals surface area contributed by atoms with Gasteiger partial charge in [0.05, 0.1) is 5.02 Å². The molecule has 0 bridgehead atoms. The molecule has 2 saturated carbocycles. The number of ketones is 1. The van der Waals surface area contributed by atoms with Crippen LogP contribution in [0.2, 0.25) is 5.02 Å². The second kappa shape index (κ2) is 8.63. The second-order valence-electron chi connectivity index (χ2n) is 10.7. The molecule has 0 saturated heterocycles. The number of halogens is 1. The summed E-state index contributed by atoms with van der Waals surface area (Å²) in [5.41, 5.74) is 3.39. The molecule has 0 aliphatic heterocycles. The van der Waals surface area contributed by atoms with Gasteiger partial charge in [-0.1, -0.05) is 36.7 Å². The molecular formula is C28H34ClNO3. The maximum absolute atomic E-state index is 13.1. The minimum atomic E-state index is -0.245. The quantitative estimate of drug-likeness (QED) is 0.603. The van der Waals surface area contributed by atoms with Crippen molar-refractivity contribution in [2.75, 3.05) is 27.2 Å². The van der Waals surface area contributed by atoms with Crippen LogP contribution in [-0.4, -0.2) is 43.0 Å². The first-order valence-corrected chi connectivity index (χ1v) is 12.6. The predicted octanol–water partition coefficient (Wildman–Crippen LogP) is 5.80. The van der Waals surface area contributed by atoms with Gasteiger partial charge in [-0.3, -0.25) is 4.79 Å². The molecule has 3 aliphatic rings. The predicted molar refractivity (Wildman–Crippen MR) is 131 cm³/mol. The van der Waals surface area contributed by atoms with Crippen molar-refractivity contribution in [1.82, 2.24) is 4.90 Å². The van der Waals surface area contributed by atoms with Gasteiger partial charge in [0.15, 0.2) is 0 Å². The van der Waals surface area contributed by atoms with Crippen LogP contribution < -0.4 is 4.74 Å². The van der Waals surface area contributed by atoms with Gasteiger partial charge in [0, 0.05) is 18.4 Å². The molecule has 1 N–H and O–H groups in total. The lowest BCUT2D eigenvalue weighted by atomic mass is 9.51. The molecule has 33 heavy (non-hydrogen) atoms. The molecule has 0 spiro atoms. The van der Waals surface area contributed by atoms with Crippen LogP contribution in [0.25, 0.3) is 0 Å². The molecule has 0 aromatic heterocycles. The van der Waals surface area contributed by atoms with Gasteiger partial charge >= 0.3 is 0 Å². The van der Waals surface area contributed by atoms with E-state index >= 15 is 0 Å². The number of hydrogen-bond acceptors (Lipinski definition) is 4. The maximum atomic E-state index is 13.1. The molecule has 0 unspecified atom stereocenters. The van der Waals surface area contributed by atoms with E-state index in [1.807, 2.05) is 14.1 Å². The summed E-state index contributed by atoms with van der Waals surface area (Å²) in [5, 5.41) is 10.7. The van der Waals surface area contributed by atoms with Crippen LogP contribution in [0.4, 0.5) is 0 Å². The SMILES string of the molecule is CN(C)CCOc1ccc([C@H]2C[C@]3(C)C(=O)CC[C@H]3[C@@H]3CCc4c(ccc(O)c4Cl)[C@H]32)cc1. The Morgan fingerprint density at radius 2 is 1.88 bits per heavy atom. The minimum Gasteiger partial charge on any atom is -0.506 e. The third-order valence-electron chi connectivity index (χ3n) is 8.65. The fourth-order valence-corrected chi connectivity index (χ4v) is 7.26. The largest absolute Gasteiger partial charge is 0.506 e. The highest BCUT2D eigenvalue weighted by Crippen LogP contribution is 2.64. The molecule has 0 heterocycles. The molecular weight excluding hydrogens is 434 g/mol. The monoisotopic (exact) mass is 467 g/mol. The summed E-state index contributed by atoms with van der Waals surface area (Å²) in [6.45, 7) is 3.75. The zero-order chi connectivity index (χ0) is 23.3. The summed E-state index contributed by atoms with van der Waals surface area (Å²) in [6, 6.07) is 12.3. The van der Waals surface area contributed by atoms with E-state index in [9.17, 15) is 9.90 Å². The summed E-state index contributed by atoms with van der Waals surface area (Å²) in [4.78, 5) is 15.2. The summed E-state index contributed by atoms with van der Waals surface area (Å²) in [5.74, 6) is 2.94. The van der Waals surface area contributed by atoms with E-state index in [4.69, 9.17) is 16.3 Å². The number of carbonyl (C=O) groups is 1. The molecule has 0 radical (unpaired) electrons. The van der Waals surface area contributed by atoms with Crippen LogP contribution in [0.1, 0.15) is 61.1 Å². The van der Waals surface area contributed by atoms with Gasteiger partial charge in [0.1, 0.15) is 23.9 Å². The van der Waals surface area contributed by atoms with Gasteiger partial charge in [-0.05, 0) is 98.3 Å². The van der Waals surface area contributed by atoms with E-state index in [1.54, 1.807) is 6.07 Å². The number of phenolic OH excluding ortho intramolecular Hbond substituents is 1. The zero-order valence-electron chi connectivity index (χ0n) is 19.8. The number of phenols is 1. The molecule has 4 nitrogen and oxygen atoms in total. The summed E-state index contributed by atoms with van der Waals surface area (Å²) < 4.78 is 5.92. The molecule has 2 fully saturated rings. The zero-order valence-corrected chi connectivity index (χ0v) is 20.6. The molecule has 2 aromatic rings. The van der Waals surface area contributed by atoms with Gasteiger partial charge in [-0.25, -0.2) is 0 Å². The van der Waals surface area contributed by atoms with Crippen molar-refractivity contribution in [3.8, 4) is 11.5 Å². The van der Waals surface area contributed by atoms with Crippen molar-refractivity contribution < 1.29 is 14.6 Å². The smallest absolute Gasteiger partial charge is 0.139 e. The fourth-order valence-electron chi connectivity index (χ4n) is 6.99. The molecule has 5 rings (SSSR count). The van der Waals surface area contributed by atoms with E-state index in [1.165, 1.54) is 11.1 Å². The van der Waals surface area contributed by atoms with Gasteiger partial charge in [-0.2, -0.15) is 0 Å². The first-order valence-electron chi connectivity index (χ1n) is 12.2. The molecule has 3 aliphatic carbocycles. The van der Waals surface area contributed by atoms with E-state index < -0.39 is 0 Å². The van der Waals surface area contributed by atoms with Crippen LogP contribution in [0.15, 0.2) is 36.4 Å². The van der Waals surface area contributed by atoms with Crippen molar-refractivity contribution >= 4 is 17.4 Å². The van der Waals surface area contributed by atoms with Crippen molar-refractivity contribution in [2.24, 2.45) is 17.3 Å². The number of fused-ring (bicyclic) bond motifs is 5. The standard InChI is InChI=1S/C28H34ClNO3/c1-28-16-22(17-4-6-18(7-5-17)33-15-14-30(2)3)26-19-10-12-24(31)27(29)20(19)8-9-21(26)23(28)11-13-25(28)32/h4-7,10,12,21-23,26,31H,8-9,11,13-16H2,1-3H3/t21-,22+,23-,26+,28-/m0/s1. The number of Topliss-reactive ketones (excluding diaryl/α,β-unsaturated/α-hetero) is 1. The average molecular weight is 468 g/mol. The Labute approximate surface area is 201 Å². The highest BCUT2D eigenvalue weighted by atomic mass is 35.5. The Morgan fingerprint density at radius 3 is 2.61 bits per heavy atom. The minimum absolute atomic E-state index is 0.168. The number of benzene rings is 2. The summed E-state index contributed by atoms with van der Waals surface area (Å²) in [6.07, 6.45) is 4.48. The highest BCUT2D eigenvalue weighted by molar-refractivity contribution is 6.32. The van der Waals surface area contributed by atoms with Crippen molar-refractivity contribution in [3.63, 3.8) is 0 Å². The number of rotatable bonds is 5. The Morgan fingerprint density at radius 1 is 1.12 bits per heavy atom. The van der Waals surface area contributed by atoms with E-state index in [0.29, 0.717) is 41.6 Å². The number of aromatic hydroxyl groups is 1. The number of hydrogen-bond donors (Lipinski definition) is 1. The number of carbonyl (C=O) groups excluding carboxylic acids is 1. The van der Waals surface area contributed by atoms with Crippen molar-refractivity contribution in [3.05, 3.63) is 58.1 Å². The fraction of sp³-hybridized carbons (Fsp3) is 0.536. The molecule has 5 atom stereocenters. The normalized spacial score (nSPS) is 30.6. The van der Waals surface area contributed by atoms with Crippen molar-refractivity contribution in [2.45, 2.75) is 50.9 Å². The lowest BCUT2D eigenvalue weighted by Crippen LogP contribution is -2.46. The number of likely N-dealkylation sites (N-methyl/N-ethyl adjacent to an activating group) is 1. The molecule has 2 aromatic carbocycles. The van der Waals surface area contributed by atoms with Gasteiger partial charge in [0.2, 0.25) is 0 Å². The third kappa shape index (κ3) is 3.85. The Kier molecular flexibility index (Phi) is 5.95. The Hall–Kier alpha value is -2.04. The van der Waals surface area contributed by atoms with E-state index in [2.05, 4.69) is 42.2 Å². The topological polar surface area (TPSA) is 49.8 Å². The second-order valence-corrected chi connectivity index (χ2v) is 11.1. The Bertz CT molecular complexity index is 1050. The van der Waals surface area contributed by atoms with Crippen LogP contribution in [-0.2, 0) is 11.2 Å². The van der Waals surface area contributed by atoms with E-state index in [0.717, 1.165) is 43.5 Å².